The Bertz CT molecular complexity index is 554. The Balaban J connectivity index is 2.14. The van der Waals surface area contributed by atoms with Crippen LogP contribution in [0.15, 0.2) is 34.1 Å². The van der Waals surface area contributed by atoms with Gasteiger partial charge in [-0.3, -0.25) is 0 Å². The van der Waals surface area contributed by atoms with Gasteiger partial charge < -0.3 is 15.2 Å². The minimum atomic E-state index is -0.0191. The van der Waals surface area contributed by atoms with Crippen LogP contribution in [0.5, 0.6) is 11.5 Å². The molecule has 2 N–H and O–H groups in total. The van der Waals surface area contributed by atoms with E-state index >= 15 is 0 Å². The third kappa shape index (κ3) is 3.49. The van der Waals surface area contributed by atoms with Gasteiger partial charge >= 0.3 is 0 Å². The molecule has 5 heteroatoms. The maximum Gasteiger partial charge on any atom is 0.161 e. The van der Waals surface area contributed by atoms with Crippen molar-refractivity contribution in [2.24, 2.45) is 5.73 Å². The van der Waals surface area contributed by atoms with E-state index in [1.165, 1.54) is 0 Å². The van der Waals surface area contributed by atoms with Gasteiger partial charge in [-0.25, -0.2) is 0 Å². The van der Waals surface area contributed by atoms with Crippen LogP contribution in [0, 0.1) is 0 Å². The van der Waals surface area contributed by atoms with Crippen LogP contribution in [0.3, 0.4) is 0 Å². The molecule has 2 rings (SSSR count). The van der Waals surface area contributed by atoms with Gasteiger partial charge in [-0.1, -0.05) is 6.07 Å². The van der Waals surface area contributed by atoms with E-state index in [1.54, 1.807) is 18.4 Å². The molecule has 0 spiro atoms. The summed E-state index contributed by atoms with van der Waals surface area (Å²) in [5, 5.41) is 2.03. The second-order valence-electron chi connectivity index (χ2n) is 4.18. The molecule has 1 aromatic heterocycles. The van der Waals surface area contributed by atoms with Crippen LogP contribution in [0.25, 0.3) is 0 Å². The van der Waals surface area contributed by atoms with Gasteiger partial charge in [0, 0.05) is 10.5 Å². The second kappa shape index (κ2) is 6.41. The Morgan fingerprint density at radius 3 is 2.68 bits per heavy atom. The van der Waals surface area contributed by atoms with E-state index in [2.05, 4.69) is 15.9 Å². The number of hydrogen-bond acceptors (Lipinski definition) is 4. The van der Waals surface area contributed by atoms with Crippen LogP contribution in [-0.4, -0.2) is 7.11 Å². The highest BCUT2D eigenvalue weighted by molar-refractivity contribution is 9.10. The Morgan fingerprint density at radius 2 is 2.11 bits per heavy atom. The highest BCUT2D eigenvalue weighted by atomic mass is 79.9. The molecule has 0 aliphatic carbocycles. The molecule has 102 valence electrons. The van der Waals surface area contributed by atoms with Crippen LogP contribution >= 0.6 is 27.3 Å². The number of ether oxygens (including phenoxy) is 2. The predicted octanol–water partition coefficient (Wildman–Crippen LogP) is 4.12. The van der Waals surface area contributed by atoms with Gasteiger partial charge in [0.1, 0.15) is 6.61 Å². The van der Waals surface area contributed by atoms with Crippen LogP contribution in [0.1, 0.15) is 23.4 Å². The lowest BCUT2D eigenvalue weighted by molar-refractivity contribution is 0.286. The van der Waals surface area contributed by atoms with Gasteiger partial charge in [-0.15, -0.1) is 11.3 Å². The van der Waals surface area contributed by atoms with Gasteiger partial charge in [0.2, 0.25) is 0 Å². The normalized spacial score (nSPS) is 12.2. The minimum Gasteiger partial charge on any atom is -0.493 e. The van der Waals surface area contributed by atoms with E-state index in [1.807, 2.05) is 36.6 Å². The molecule has 1 unspecified atom stereocenters. The summed E-state index contributed by atoms with van der Waals surface area (Å²) < 4.78 is 12.2. The van der Waals surface area contributed by atoms with Crippen molar-refractivity contribution in [3.05, 3.63) is 44.6 Å². The number of benzene rings is 1. The van der Waals surface area contributed by atoms with Crippen molar-refractivity contribution in [3.63, 3.8) is 0 Å². The lowest BCUT2D eigenvalue weighted by Gasteiger charge is -2.13. The second-order valence-corrected chi connectivity index (χ2v) is 6.03. The zero-order chi connectivity index (χ0) is 13.8. The lowest BCUT2D eigenvalue weighted by atomic mass is 10.1. The molecule has 1 aromatic carbocycles. The fourth-order valence-electron chi connectivity index (χ4n) is 1.66. The average molecular weight is 342 g/mol. The molecular weight excluding hydrogens is 326 g/mol. The zero-order valence-electron chi connectivity index (χ0n) is 10.9. The summed E-state index contributed by atoms with van der Waals surface area (Å²) in [7, 11) is 1.63. The molecule has 0 saturated heterocycles. The van der Waals surface area contributed by atoms with Crippen molar-refractivity contribution in [1.29, 1.82) is 0 Å². The Hall–Kier alpha value is -1.04. The molecule has 0 fully saturated rings. The smallest absolute Gasteiger partial charge is 0.161 e. The average Bonchev–Trinajstić information content (AvgIpc) is 2.81. The SMILES string of the molecule is COc1cc(C(C)N)ccc1OCc1sccc1Br. The van der Waals surface area contributed by atoms with E-state index in [4.69, 9.17) is 15.2 Å². The lowest BCUT2D eigenvalue weighted by Crippen LogP contribution is -2.05. The first-order valence-electron chi connectivity index (χ1n) is 5.90. The van der Waals surface area contributed by atoms with Crippen molar-refractivity contribution in [1.82, 2.24) is 0 Å². The zero-order valence-corrected chi connectivity index (χ0v) is 13.3. The molecule has 2 aromatic rings. The maximum absolute atomic E-state index is 5.86. The van der Waals surface area contributed by atoms with Gasteiger partial charge in [0.05, 0.1) is 12.0 Å². The first kappa shape index (κ1) is 14.4. The molecule has 0 radical (unpaired) electrons. The minimum absolute atomic E-state index is 0.0191. The summed E-state index contributed by atoms with van der Waals surface area (Å²) in [5.74, 6) is 1.44. The Kier molecular flexibility index (Phi) is 4.85. The summed E-state index contributed by atoms with van der Waals surface area (Å²) in [6.07, 6.45) is 0. The van der Waals surface area contributed by atoms with Crippen molar-refractivity contribution in [2.75, 3.05) is 7.11 Å². The number of halogens is 1. The van der Waals surface area contributed by atoms with Gasteiger partial charge in [0.25, 0.3) is 0 Å². The highest BCUT2D eigenvalue weighted by Crippen LogP contribution is 2.32. The molecule has 3 nitrogen and oxygen atoms in total. The standard InChI is InChI=1S/C14H16BrNO2S/c1-9(16)10-3-4-12(13(7-10)17-2)18-8-14-11(15)5-6-19-14/h3-7,9H,8,16H2,1-2H3. The topological polar surface area (TPSA) is 44.5 Å². The van der Waals surface area contributed by atoms with Gasteiger partial charge in [-0.05, 0) is 52.0 Å². The van der Waals surface area contributed by atoms with E-state index in [-0.39, 0.29) is 6.04 Å². The monoisotopic (exact) mass is 341 g/mol. The summed E-state index contributed by atoms with van der Waals surface area (Å²) in [6, 6.07) is 7.78. The van der Waals surface area contributed by atoms with Crippen molar-refractivity contribution in [2.45, 2.75) is 19.6 Å². The predicted molar refractivity (Wildman–Crippen MR) is 81.9 cm³/mol. The number of methoxy groups -OCH3 is 1. The third-order valence-corrected chi connectivity index (χ3v) is 4.66. The van der Waals surface area contributed by atoms with Gasteiger partial charge in [-0.2, -0.15) is 0 Å². The Labute approximate surface area is 125 Å². The molecular formula is C14H16BrNO2S. The van der Waals surface area contributed by atoms with Crippen LogP contribution in [0.4, 0.5) is 0 Å². The molecule has 0 aliphatic heterocycles. The summed E-state index contributed by atoms with van der Waals surface area (Å²) in [5.41, 5.74) is 6.89. The molecule has 0 saturated carbocycles. The van der Waals surface area contributed by atoms with Crippen LogP contribution in [-0.2, 0) is 6.61 Å². The largest absolute Gasteiger partial charge is 0.493 e. The first-order valence-corrected chi connectivity index (χ1v) is 7.57. The molecule has 1 atom stereocenters. The first-order chi connectivity index (χ1) is 9.11. The summed E-state index contributed by atoms with van der Waals surface area (Å²) in [4.78, 5) is 1.15. The number of rotatable bonds is 5. The van der Waals surface area contributed by atoms with Crippen molar-refractivity contribution < 1.29 is 9.47 Å². The van der Waals surface area contributed by atoms with Gasteiger partial charge in [0.15, 0.2) is 11.5 Å². The number of hydrogen-bond donors (Lipinski definition) is 1. The highest BCUT2D eigenvalue weighted by Gasteiger charge is 2.09. The van der Waals surface area contributed by atoms with E-state index in [9.17, 15) is 0 Å². The number of thiophene rings is 1. The van der Waals surface area contributed by atoms with E-state index in [0.29, 0.717) is 12.4 Å². The van der Waals surface area contributed by atoms with Crippen LogP contribution in [0.2, 0.25) is 0 Å². The summed E-state index contributed by atoms with van der Waals surface area (Å²) in [6.45, 7) is 2.46. The molecule has 0 amide bonds. The molecule has 19 heavy (non-hydrogen) atoms. The fraction of sp³-hybridized carbons (Fsp3) is 0.286. The van der Waals surface area contributed by atoms with E-state index < -0.39 is 0 Å². The summed E-state index contributed by atoms with van der Waals surface area (Å²) >= 11 is 5.15. The molecule has 0 bridgehead atoms. The quantitative estimate of drug-likeness (QED) is 0.889. The fourth-order valence-corrected chi connectivity index (χ4v) is 3.04. The molecule has 1 heterocycles. The third-order valence-electron chi connectivity index (χ3n) is 2.76. The molecule has 0 aliphatic rings. The van der Waals surface area contributed by atoms with Crippen molar-refractivity contribution in [3.8, 4) is 11.5 Å². The van der Waals surface area contributed by atoms with E-state index in [0.717, 1.165) is 20.7 Å². The van der Waals surface area contributed by atoms with Crippen molar-refractivity contribution >= 4 is 27.3 Å². The maximum atomic E-state index is 5.86. The van der Waals surface area contributed by atoms with Crippen LogP contribution < -0.4 is 15.2 Å². The Morgan fingerprint density at radius 1 is 1.32 bits per heavy atom. The number of nitrogens with two attached hydrogens (primary N) is 1.